The summed E-state index contributed by atoms with van der Waals surface area (Å²) in [6.45, 7) is 2.24. The third-order valence-corrected chi connectivity index (χ3v) is 5.50. The van der Waals surface area contributed by atoms with E-state index in [2.05, 4.69) is 6.92 Å². The van der Waals surface area contributed by atoms with Crippen LogP contribution in [-0.2, 0) is 14.4 Å². The molecule has 164 valence electrons. The Morgan fingerprint density at radius 2 is 0.750 bits per heavy atom. The Morgan fingerprint density at radius 1 is 0.500 bits per heavy atom. The van der Waals surface area contributed by atoms with Gasteiger partial charge in [-0.2, -0.15) is 0 Å². The number of hydrogen-bond acceptors (Lipinski definition) is 3. The second-order valence-electron chi connectivity index (χ2n) is 7.87. The van der Waals surface area contributed by atoms with Crippen molar-refractivity contribution >= 4 is 17.9 Å². The van der Waals surface area contributed by atoms with Crippen molar-refractivity contribution in [1.29, 1.82) is 0 Å². The van der Waals surface area contributed by atoms with Crippen LogP contribution in [0.4, 0.5) is 0 Å². The Bertz CT molecular complexity index is 410. The summed E-state index contributed by atoms with van der Waals surface area (Å²) < 4.78 is 0. The predicted molar refractivity (Wildman–Crippen MR) is 110 cm³/mol. The normalized spacial score (nSPS) is 11.5. The molecule has 6 heteroatoms. The molecule has 0 spiro atoms. The number of rotatable bonds is 20. The minimum absolute atomic E-state index is 0.295. The maximum absolute atomic E-state index is 11.1. The van der Waals surface area contributed by atoms with Gasteiger partial charge in [0.1, 0.15) is 0 Å². The molecule has 0 aromatic carbocycles. The second-order valence-corrected chi connectivity index (χ2v) is 7.87. The van der Waals surface area contributed by atoms with E-state index >= 15 is 0 Å². The number of hydrogen-bond donors (Lipinski definition) is 3. The van der Waals surface area contributed by atoms with Gasteiger partial charge in [-0.1, -0.05) is 110 Å². The van der Waals surface area contributed by atoms with Gasteiger partial charge in [-0.15, -0.1) is 0 Å². The second kappa shape index (κ2) is 16.4. The van der Waals surface area contributed by atoms with E-state index in [0.29, 0.717) is 12.8 Å². The van der Waals surface area contributed by atoms with Crippen LogP contribution in [0, 0.1) is 5.41 Å². The Morgan fingerprint density at radius 3 is 1.00 bits per heavy atom. The highest BCUT2D eigenvalue weighted by Gasteiger charge is 2.53. The van der Waals surface area contributed by atoms with Gasteiger partial charge in [-0.3, -0.25) is 14.4 Å². The van der Waals surface area contributed by atoms with Crippen LogP contribution in [0.25, 0.3) is 0 Å². The summed E-state index contributed by atoms with van der Waals surface area (Å²) in [6, 6.07) is 0. The van der Waals surface area contributed by atoms with Crippen molar-refractivity contribution in [2.24, 2.45) is 5.41 Å². The van der Waals surface area contributed by atoms with Gasteiger partial charge >= 0.3 is 17.9 Å². The van der Waals surface area contributed by atoms with Gasteiger partial charge in [0.2, 0.25) is 0 Å². The Labute approximate surface area is 169 Å². The van der Waals surface area contributed by atoms with Gasteiger partial charge in [0.25, 0.3) is 5.41 Å². The Balaban J connectivity index is 3.58. The summed E-state index contributed by atoms with van der Waals surface area (Å²) in [4.78, 5) is 33.4. The minimum Gasteiger partial charge on any atom is -0.480 e. The quantitative estimate of drug-likeness (QED) is 0.174. The first-order valence-electron chi connectivity index (χ1n) is 11.1. The molecule has 6 nitrogen and oxygen atoms in total. The van der Waals surface area contributed by atoms with Crippen LogP contribution in [0.3, 0.4) is 0 Å². The lowest BCUT2D eigenvalue weighted by molar-refractivity contribution is -0.176. The van der Waals surface area contributed by atoms with Gasteiger partial charge in [0.05, 0.1) is 0 Å². The molecule has 0 aromatic heterocycles. The lowest BCUT2D eigenvalue weighted by atomic mass is 9.82. The summed E-state index contributed by atoms with van der Waals surface area (Å²) >= 11 is 0. The SMILES string of the molecule is CCCCCCCCCCCCCCCCCCC(C(=O)O)(C(=O)O)C(=O)O. The molecule has 0 rings (SSSR count). The fourth-order valence-electron chi connectivity index (χ4n) is 3.53. The molecule has 0 bridgehead atoms. The van der Waals surface area contributed by atoms with E-state index in [4.69, 9.17) is 15.3 Å². The van der Waals surface area contributed by atoms with Crippen LogP contribution < -0.4 is 0 Å². The van der Waals surface area contributed by atoms with Gasteiger partial charge in [0, 0.05) is 0 Å². The maximum atomic E-state index is 11.1. The highest BCUT2D eigenvalue weighted by atomic mass is 16.4. The average Bonchev–Trinajstić information content (AvgIpc) is 2.63. The van der Waals surface area contributed by atoms with Crippen molar-refractivity contribution in [3.63, 3.8) is 0 Å². The monoisotopic (exact) mass is 400 g/mol. The van der Waals surface area contributed by atoms with E-state index in [1.54, 1.807) is 0 Å². The summed E-state index contributed by atoms with van der Waals surface area (Å²) in [6.07, 6.45) is 18.1. The largest absolute Gasteiger partial charge is 0.480 e. The van der Waals surface area contributed by atoms with Crippen molar-refractivity contribution in [3.8, 4) is 0 Å². The van der Waals surface area contributed by atoms with Crippen LogP contribution in [0.1, 0.15) is 116 Å². The van der Waals surface area contributed by atoms with E-state index in [-0.39, 0.29) is 6.42 Å². The van der Waals surface area contributed by atoms with Crippen molar-refractivity contribution in [1.82, 2.24) is 0 Å². The summed E-state index contributed by atoms with van der Waals surface area (Å²) in [5.74, 6) is -5.39. The van der Waals surface area contributed by atoms with Crippen LogP contribution in [0.2, 0.25) is 0 Å². The van der Waals surface area contributed by atoms with Crippen LogP contribution in [-0.4, -0.2) is 33.2 Å². The molecule has 0 heterocycles. The zero-order valence-electron chi connectivity index (χ0n) is 17.6. The number of unbranched alkanes of at least 4 members (excludes halogenated alkanes) is 15. The fraction of sp³-hybridized carbons (Fsp3) is 0.864. The number of carboxylic acids is 3. The minimum atomic E-state index is -2.71. The Hall–Kier alpha value is -1.59. The molecule has 0 saturated heterocycles. The average molecular weight is 401 g/mol. The highest BCUT2D eigenvalue weighted by Crippen LogP contribution is 2.27. The smallest absolute Gasteiger partial charge is 0.332 e. The molecule has 0 saturated carbocycles. The van der Waals surface area contributed by atoms with E-state index in [1.807, 2.05) is 0 Å². The molecular formula is C22H40O6. The molecule has 0 radical (unpaired) electrons. The molecule has 0 fully saturated rings. The molecule has 0 unspecified atom stereocenters. The molecular weight excluding hydrogens is 360 g/mol. The van der Waals surface area contributed by atoms with Gasteiger partial charge in [0.15, 0.2) is 0 Å². The third-order valence-electron chi connectivity index (χ3n) is 5.50. The molecule has 0 amide bonds. The van der Waals surface area contributed by atoms with Crippen molar-refractivity contribution in [3.05, 3.63) is 0 Å². The lowest BCUT2D eigenvalue weighted by Gasteiger charge is -2.19. The standard InChI is InChI=1S/C22H40O6/c1-2-3-4-5-6-7-8-9-10-11-12-13-14-15-16-17-18-22(19(23)24,20(25)26)21(27)28/h2-18H2,1H3,(H,23,24)(H,25,26)(H,27,28). The first kappa shape index (κ1) is 26.4. The van der Waals surface area contributed by atoms with Crippen molar-refractivity contribution < 1.29 is 29.7 Å². The molecule has 3 N–H and O–H groups in total. The predicted octanol–water partition coefficient (Wildman–Crippen LogP) is 5.88. The van der Waals surface area contributed by atoms with Crippen molar-refractivity contribution in [2.45, 2.75) is 116 Å². The fourth-order valence-corrected chi connectivity index (χ4v) is 3.53. The molecule has 0 aliphatic carbocycles. The maximum Gasteiger partial charge on any atom is 0.332 e. The molecule has 28 heavy (non-hydrogen) atoms. The lowest BCUT2D eigenvalue weighted by Crippen LogP contribution is -2.46. The van der Waals surface area contributed by atoms with E-state index in [9.17, 15) is 14.4 Å². The summed E-state index contributed by atoms with van der Waals surface area (Å²) in [7, 11) is 0. The zero-order chi connectivity index (χ0) is 21.3. The zero-order valence-corrected chi connectivity index (χ0v) is 17.6. The van der Waals surface area contributed by atoms with Gasteiger partial charge in [-0.25, -0.2) is 0 Å². The topological polar surface area (TPSA) is 112 Å². The van der Waals surface area contributed by atoms with E-state index in [1.165, 1.54) is 70.6 Å². The Kier molecular flexibility index (Phi) is 15.4. The van der Waals surface area contributed by atoms with Gasteiger partial charge in [-0.05, 0) is 6.42 Å². The van der Waals surface area contributed by atoms with Crippen LogP contribution in [0.15, 0.2) is 0 Å². The number of carbonyl (C=O) groups is 3. The van der Waals surface area contributed by atoms with E-state index < -0.39 is 23.3 Å². The molecule has 0 aromatic rings. The molecule has 0 aliphatic heterocycles. The van der Waals surface area contributed by atoms with E-state index in [0.717, 1.165) is 19.3 Å². The number of aliphatic carboxylic acids is 3. The summed E-state index contributed by atoms with van der Waals surface area (Å²) in [5, 5.41) is 27.1. The highest BCUT2D eigenvalue weighted by molar-refractivity contribution is 6.16. The van der Waals surface area contributed by atoms with Crippen LogP contribution >= 0.6 is 0 Å². The first-order valence-corrected chi connectivity index (χ1v) is 11.1. The summed E-state index contributed by atoms with van der Waals surface area (Å²) in [5.41, 5.74) is -2.71. The van der Waals surface area contributed by atoms with Gasteiger partial charge < -0.3 is 15.3 Å². The first-order chi connectivity index (χ1) is 13.4. The molecule has 0 atom stereocenters. The number of carboxylic acid groups (broad SMARTS) is 3. The van der Waals surface area contributed by atoms with Crippen molar-refractivity contribution in [2.75, 3.05) is 0 Å². The van der Waals surface area contributed by atoms with Crippen LogP contribution in [0.5, 0.6) is 0 Å². The third kappa shape index (κ3) is 10.7. The molecule has 0 aliphatic rings.